The van der Waals surface area contributed by atoms with Gasteiger partial charge in [-0.05, 0) is 6.07 Å². The molecule has 1 aromatic heterocycles. The van der Waals surface area contributed by atoms with E-state index in [9.17, 15) is 4.79 Å². The van der Waals surface area contributed by atoms with Crippen molar-refractivity contribution in [1.82, 2.24) is 4.98 Å². The summed E-state index contributed by atoms with van der Waals surface area (Å²) in [6, 6.07) is 3.82. The molecule has 5 nitrogen and oxygen atoms in total. The highest BCUT2D eigenvalue weighted by Gasteiger charge is 2.12. The quantitative estimate of drug-likeness (QED) is 0.760. The zero-order valence-corrected chi connectivity index (χ0v) is 10.1. The van der Waals surface area contributed by atoms with Crippen molar-refractivity contribution in [3.8, 4) is 0 Å². The van der Waals surface area contributed by atoms with Crippen molar-refractivity contribution in [3.63, 3.8) is 0 Å². The van der Waals surface area contributed by atoms with E-state index < -0.39 is 0 Å². The zero-order valence-electron chi connectivity index (χ0n) is 10.1. The van der Waals surface area contributed by atoms with Crippen LogP contribution < -0.4 is 0 Å². The Morgan fingerprint density at radius 2 is 2.44 bits per heavy atom. The van der Waals surface area contributed by atoms with E-state index in [0.29, 0.717) is 18.9 Å². The first-order valence-corrected chi connectivity index (χ1v) is 5.65. The molecule has 0 N–H and O–H groups in total. The lowest BCUT2D eigenvalue weighted by Gasteiger charge is -2.15. The summed E-state index contributed by atoms with van der Waals surface area (Å²) in [6.45, 7) is 0.450. The van der Waals surface area contributed by atoms with Crippen molar-refractivity contribution in [1.29, 1.82) is 0 Å². The number of nitrogens with zero attached hydrogens (tertiary/aromatic N) is 2. The van der Waals surface area contributed by atoms with Gasteiger partial charge in [-0.1, -0.05) is 6.07 Å². The molecule has 0 spiro atoms. The Hall–Kier alpha value is -2.17. The van der Waals surface area contributed by atoms with Crippen molar-refractivity contribution >= 4 is 17.4 Å². The monoisotopic (exact) mass is 246 g/mol. The number of hydrogen-bond donors (Lipinski definition) is 0. The highest BCUT2D eigenvalue weighted by atomic mass is 16.5. The van der Waals surface area contributed by atoms with Gasteiger partial charge in [-0.2, -0.15) is 0 Å². The molecule has 0 atom stereocenters. The van der Waals surface area contributed by atoms with E-state index >= 15 is 0 Å². The van der Waals surface area contributed by atoms with Crippen LogP contribution in [0.2, 0.25) is 0 Å². The second-order valence-electron chi connectivity index (χ2n) is 3.78. The molecule has 0 aromatic carbocycles. The fourth-order valence-corrected chi connectivity index (χ4v) is 1.54. The Morgan fingerprint density at radius 3 is 3.06 bits per heavy atom. The summed E-state index contributed by atoms with van der Waals surface area (Å²) in [7, 11) is 1.37. The van der Waals surface area contributed by atoms with Crippen LogP contribution in [0, 0.1) is 0 Å². The number of pyridine rings is 1. The minimum absolute atomic E-state index is 0.261. The molecule has 0 aliphatic carbocycles. The minimum atomic E-state index is -0.261. The number of esters is 1. The van der Waals surface area contributed by atoms with Crippen LogP contribution in [0.5, 0.6) is 0 Å². The van der Waals surface area contributed by atoms with E-state index in [0.717, 1.165) is 11.1 Å². The maximum atomic E-state index is 11.0. The van der Waals surface area contributed by atoms with Gasteiger partial charge in [0.2, 0.25) is 0 Å². The maximum Gasteiger partial charge on any atom is 0.306 e. The lowest BCUT2D eigenvalue weighted by Crippen LogP contribution is -2.13. The largest absolute Gasteiger partial charge is 0.476 e. The van der Waals surface area contributed by atoms with Crippen LogP contribution in [0.3, 0.4) is 0 Å². The summed E-state index contributed by atoms with van der Waals surface area (Å²) < 4.78 is 10.0. The molecule has 5 heteroatoms. The molecule has 0 saturated heterocycles. The fourth-order valence-electron chi connectivity index (χ4n) is 1.54. The molecular formula is C13H14N2O3. The molecule has 0 bridgehead atoms. The van der Waals surface area contributed by atoms with Gasteiger partial charge >= 0.3 is 5.97 Å². The lowest BCUT2D eigenvalue weighted by atomic mass is 10.1. The Labute approximate surface area is 105 Å². The number of ether oxygens (including phenoxy) is 2. The highest BCUT2D eigenvalue weighted by molar-refractivity contribution is 5.85. The van der Waals surface area contributed by atoms with E-state index in [-0.39, 0.29) is 12.4 Å². The van der Waals surface area contributed by atoms with Crippen LogP contribution in [0.4, 0.5) is 0 Å². The Morgan fingerprint density at radius 1 is 1.56 bits per heavy atom. The molecule has 0 fully saturated rings. The van der Waals surface area contributed by atoms with Gasteiger partial charge in [0, 0.05) is 36.2 Å². The summed E-state index contributed by atoms with van der Waals surface area (Å²) in [5, 5.41) is 0. The van der Waals surface area contributed by atoms with Crippen LogP contribution in [0.25, 0.3) is 5.57 Å². The Bertz CT molecular complexity index is 480. The first-order chi connectivity index (χ1) is 8.79. The first kappa shape index (κ1) is 12.3. The number of rotatable bonds is 4. The minimum Gasteiger partial charge on any atom is -0.476 e. The summed E-state index contributed by atoms with van der Waals surface area (Å²) in [5.41, 5.74) is 1.97. The molecule has 1 aliphatic rings. The van der Waals surface area contributed by atoms with Gasteiger partial charge in [0.15, 0.2) is 5.90 Å². The molecule has 1 aliphatic heterocycles. The van der Waals surface area contributed by atoms with Crippen molar-refractivity contribution in [2.75, 3.05) is 13.7 Å². The van der Waals surface area contributed by atoms with Crippen LogP contribution in [0.1, 0.15) is 18.4 Å². The third-order valence-electron chi connectivity index (χ3n) is 2.56. The predicted molar refractivity (Wildman–Crippen MR) is 66.9 cm³/mol. The highest BCUT2D eigenvalue weighted by Crippen LogP contribution is 2.17. The maximum absolute atomic E-state index is 11.0. The number of methoxy groups -OCH3 is 1. The fraction of sp³-hybridized carbons (Fsp3) is 0.308. The van der Waals surface area contributed by atoms with E-state index in [4.69, 9.17) is 4.74 Å². The first-order valence-electron chi connectivity index (χ1n) is 5.65. The van der Waals surface area contributed by atoms with Crippen molar-refractivity contribution < 1.29 is 14.3 Å². The van der Waals surface area contributed by atoms with Crippen LogP contribution in [-0.4, -0.2) is 30.6 Å². The molecule has 0 amide bonds. The third kappa shape index (κ3) is 3.16. The average molecular weight is 246 g/mol. The smallest absolute Gasteiger partial charge is 0.306 e. The number of aliphatic imine (C=N–C) groups is 1. The topological polar surface area (TPSA) is 60.8 Å². The Balaban J connectivity index is 1.97. The molecular weight excluding hydrogens is 232 g/mol. The van der Waals surface area contributed by atoms with E-state index in [2.05, 4.69) is 14.7 Å². The van der Waals surface area contributed by atoms with Crippen LogP contribution in [0.15, 0.2) is 35.7 Å². The standard InChI is InChI=1S/C13H14N2O3/c1-17-13(16)5-4-12-15-8-11(9-18-12)10-3-2-6-14-7-10/h2-3,6-8H,4-5,9H2,1H3. The molecule has 18 heavy (non-hydrogen) atoms. The molecule has 94 valence electrons. The normalized spacial score (nSPS) is 14.3. The van der Waals surface area contributed by atoms with Gasteiger partial charge < -0.3 is 9.47 Å². The SMILES string of the molecule is COC(=O)CCC1=NC=C(c2cccnc2)CO1. The number of carbonyl (C=O) groups is 1. The molecule has 0 radical (unpaired) electrons. The van der Waals surface area contributed by atoms with E-state index in [1.165, 1.54) is 7.11 Å². The second-order valence-corrected chi connectivity index (χ2v) is 3.78. The molecule has 1 aromatic rings. The third-order valence-corrected chi connectivity index (χ3v) is 2.56. The Kier molecular flexibility index (Phi) is 4.06. The summed E-state index contributed by atoms with van der Waals surface area (Å²) in [5.74, 6) is 0.302. The van der Waals surface area contributed by atoms with Gasteiger partial charge in [-0.15, -0.1) is 0 Å². The van der Waals surface area contributed by atoms with Crippen LogP contribution in [-0.2, 0) is 14.3 Å². The number of hydrogen-bond acceptors (Lipinski definition) is 5. The molecule has 2 heterocycles. The average Bonchev–Trinajstić information content (AvgIpc) is 2.46. The predicted octanol–water partition coefficient (Wildman–Crippen LogP) is 1.80. The molecule has 2 rings (SSSR count). The summed E-state index contributed by atoms with van der Waals surface area (Å²) in [6.07, 6.45) is 5.99. The van der Waals surface area contributed by atoms with Crippen molar-refractivity contribution in [2.24, 2.45) is 4.99 Å². The molecule has 0 unspecified atom stereocenters. The van der Waals surface area contributed by atoms with Crippen molar-refractivity contribution in [3.05, 3.63) is 36.3 Å². The van der Waals surface area contributed by atoms with E-state index in [1.54, 1.807) is 18.6 Å². The zero-order chi connectivity index (χ0) is 12.8. The second kappa shape index (κ2) is 5.95. The van der Waals surface area contributed by atoms with Gasteiger partial charge in [-0.25, -0.2) is 4.99 Å². The van der Waals surface area contributed by atoms with Gasteiger partial charge in [-0.3, -0.25) is 9.78 Å². The van der Waals surface area contributed by atoms with E-state index in [1.807, 2.05) is 12.1 Å². The number of carbonyl (C=O) groups excluding carboxylic acids is 1. The van der Waals surface area contributed by atoms with Gasteiger partial charge in [0.1, 0.15) is 6.61 Å². The van der Waals surface area contributed by atoms with Gasteiger partial charge in [0.25, 0.3) is 0 Å². The van der Waals surface area contributed by atoms with Gasteiger partial charge in [0.05, 0.1) is 13.5 Å². The number of aromatic nitrogens is 1. The van der Waals surface area contributed by atoms with Crippen LogP contribution >= 0.6 is 0 Å². The summed E-state index contributed by atoms with van der Waals surface area (Å²) in [4.78, 5) is 19.2. The van der Waals surface area contributed by atoms with Crippen molar-refractivity contribution in [2.45, 2.75) is 12.8 Å². The summed E-state index contributed by atoms with van der Waals surface area (Å²) >= 11 is 0. The molecule has 0 saturated carbocycles. The lowest BCUT2D eigenvalue weighted by molar-refractivity contribution is -0.140.